The van der Waals surface area contributed by atoms with Crippen molar-refractivity contribution >= 4 is 21.6 Å². The van der Waals surface area contributed by atoms with Crippen LogP contribution >= 0.6 is 0 Å². The minimum Gasteiger partial charge on any atom is -0.378 e. The summed E-state index contributed by atoms with van der Waals surface area (Å²) in [5.74, 6) is -0.143. The van der Waals surface area contributed by atoms with Crippen molar-refractivity contribution in [3.63, 3.8) is 0 Å². The summed E-state index contributed by atoms with van der Waals surface area (Å²) in [6.45, 7) is 5.55. The van der Waals surface area contributed by atoms with Crippen LogP contribution < -0.4 is 4.90 Å². The normalized spacial score (nSPS) is 20.4. The van der Waals surface area contributed by atoms with Crippen LogP contribution in [0.5, 0.6) is 0 Å². The highest BCUT2D eigenvalue weighted by Crippen LogP contribution is 2.38. The molecule has 1 aliphatic heterocycles. The number of amides is 1. The lowest BCUT2D eigenvalue weighted by Gasteiger charge is -2.31. The molecular formula is C21H27N3O3S. The maximum atomic E-state index is 13.4. The highest BCUT2D eigenvalue weighted by Gasteiger charge is 2.45. The molecule has 0 aromatic heterocycles. The summed E-state index contributed by atoms with van der Waals surface area (Å²) in [7, 11) is 0.145. The van der Waals surface area contributed by atoms with Gasteiger partial charge in [0, 0.05) is 39.3 Å². The summed E-state index contributed by atoms with van der Waals surface area (Å²) in [6.07, 6.45) is -0.657. The van der Waals surface area contributed by atoms with Gasteiger partial charge >= 0.3 is 0 Å². The zero-order chi connectivity index (χ0) is 20.6. The van der Waals surface area contributed by atoms with E-state index in [-0.39, 0.29) is 23.4 Å². The fraction of sp³-hybridized carbons (Fsp3) is 0.381. The zero-order valence-electron chi connectivity index (χ0n) is 17.0. The first-order chi connectivity index (χ1) is 13.1. The number of carbonyl (C=O) groups is 1. The van der Waals surface area contributed by atoms with Crippen molar-refractivity contribution in [2.75, 3.05) is 25.5 Å². The third-order valence-electron chi connectivity index (χ3n) is 5.15. The molecule has 0 N–H and O–H groups in total. The molecular weight excluding hydrogens is 374 g/mol. The van der Waals surface area contributed by atoms with Gasteiger partial charge in [-0.15, -0.1) is 0 Å². The van der Waals surface area contributed by atoms with Gasteiger partial charge in [-0.2, -0.15) is 4.31 Å². The second kappa shape index (κ2) is 7.56. The molecule has 2 atom stereocenters. The standard InChI is InChI=1S/C21H27N3O3S/c1-15-6-12-20(13-7-15)28(26,27)23-14-16(2)24(17(3)25)21(23)18-8-10-19(11-9-18)22(4)5/h6-13,16,21H,14H2,1-5H3/t16-,21-/m1/s1. The Bertz CT molecular complexity index is 953. The van der Waals surface area contributed by atoms with E-state index in [2.05, 4.69) is 0 Å². The Kier molecular flexibility index (Phi) is 5.50. The minimum absolute atomic E-state index is 0.143. The van der Waals surface area contributed by atoms with Gasteiger partial charge in [-0.3, -0.25) is 4.79 Å². The third kappa shape index (κ3) is 3.64. The molecule has 0 aliphatic carbocycles. The molecule has 7 heteroatoms. The number of rotatable bonds is 4. The number of nitrogens with zero attached hydrogens (tertiary/aromatic N) is 3. The highest BCUT2D eigenvalue weighted by atomic mass is 32.2. The Labute approximate surface area is 167 Å². The average Bonchev–Trinajstić information content (AvgIpc) is 3.00. The van der Waals surface area contributed by atoms with Gasteiger partial charge in [-0.25, -0.2) is 8.42 Å². The molecule has 3 rings (SSSR count). The fourth-order valence-electron chi connectivity index (χ4n) is 3.66. The van der Waals surface area contributed by atoms with E-state index < -0.39 is 16.2 Å². The molecule has 2 aromatic rings. The van der Waals surface area contributed by atoms with Crippen LogP contribution in [-0.2, 0) is 14.8 Å². The number of hydrogen-bond acceptors (Lipinski definition) is 4. The van der Waals surface area contributed by atoms with Crippen molar-refractivity contribution in [1.82, 2.24) is 9.21 Å². The molecule has 1 heterocycles. The number of aryl methyl sites for hydroxylation is 1. The van der Waals surface area contributed by atoms with Gasteiger partial charge in [0.25, 0.3) is 0 Å². The van der Waals surface area contributed by atoms with Crippen molar-refractivity contribution in [3.8, 4) is 0 Å². The summed E-state index contributed by atoms with van der Waals surface area (Å²) in [5.41, 5.74) is 2.79. The zero-order valence-corrected chi connectivity index (χ0v) is 17.8. The van der Waals surface area contributed by atoms with Crippen LogP contribution in [0, 0.1) is 6.92 Å². The predicted octanol–water partition coefficient (Wildman–Crippen LogP) is 3.00. The fourth-order valence-corrected chi connectivity index (χ4v) is 5.31. The first kappa shape index (κ1) is 20.4. The lowest BCUT2D eigenvalue weighted by molar-refractivity contribution is -0.132. The molecule has 0 bridgehead atoms. The van der Waals surface area contributed by atoms with Crippen LogP contribution in [0.3, 0.4) is 0 Å². The molecule has 1 saturated heterocycles. The van der Waals surface area contributed by atoms with Crippen LogP contribution in [0.4, 0.5) is 5.69 Å². The number of hydrogen-bond donors (Lipinski definition) is 0. The Balaban J connectivity index is 2.08. The maximum absolute atomic E-state index is 13.4. The Morgan fingerprint density at radius 2 is 1.61 bits per heavy atom. The van der Waals surface area contributed by atoms with Gasteiger partial charge in [-0.1, -0.05) is 29.8 Å². The van der Waals surface area contributed by atoms with E-state index in [0.717, 1.165) is 16.8 Å². The number of anilines is 1. The average molecular weight is 402 g/mol. The molecule has 2 aromatic carbocycles. The SMILES string of the molecule is CC(=O)N1[C@H](C)CN(S(=O)(=O)c2ccc(C)cc2)[C@H]1c1ccc(N(C)C)cc1. The van der Waals surface area contributed by atoms with Gasteiger partial charge in [0.05, 0.1) is 4.90 Å². The van der Waals surface area contributed by atoms with E-state index in [4.69, 9.17) is 0 Å². The topological polar surface area (TPSA) is 60.9 Å². The molecule has 0 radical (unpaired) electrons. The van der Waals surface area contributed by atoms with Gasteiger partial charge in [-0.05, 0) is 43.7 Å². The maximum Gasteiger partial charge on any atom is 0.245 e. The lowest BCUT2D eigenvalue weighted by atomic mass is 10.1. The van der Waals surface area contributed by atoms with E-state index in [1.54, 1.807) is 29.2 Å². The molecule has 0 spiro atoms. The van der Waals surface area contributed by atoms with Crippen LogP contribution in [-0.4, -0.2) is 50.2 Å². The van der Waals surface area contributed by atoms with Crippen LogP contribution in [0.25, 0.3) is 0 Å². The van der Waals surface area contributed by atoms with Gasteiger partial charge in [0.2, 0.25) is 15.9 Å². The number of sulfonamides is 1. The van der Waals surface area contributed by atoms with Crippen molar-refractivity contribution in [3.05, 3.63) is 59.7 Å². The number of carbonyl (C=O) groups excluding carboxylic acids is 1. The van der Waals surface area contributed by atoms with Crippen LogP contribution in [0.15, 0.2) is 53.4 Å². The quantitative estimate of drug-likeness (QED) is 0.790. The largest absolute Gasteiger partial charge is 0.378 e. The summed E-state index contributed by atoms with van der Waals surface area (Å²) >= 11 is 0. The first-order valence-corrected chi connectivity index (χ1v) is 10.7. The summed E-state index contributed by atoms with van der Waals surface area (Å²) in [6, 6.07) is 14.3. The predicted molar refractivity (Wildman–Crippen MR) is 111 cm³/mol. The van der Waals surface area contributed by atoms with Gasteiger partial charge in [0.1, 0.15) is 6.17 Å². The van der Waals surface area contributed by atoms with Gasteiger partial charge < -0.3 is 9.80 Å². The van der Waals surface area contributed by atoms with Crippen molar-refractivity contribution < 1.29 is 13.2 Å². The molecule has 6 nitrogen and oxygen atoms in total. The highest BCUT2D eigenvalue weighted by molar-refractivity contribution is 7.89. The first-order valence-electron chi connectivity index (χ1n) is 9.27. The summed E-state index contributed by atoms with van der Waals surface area (Å²) in [5, 5.41) is 0. The van der Waals surface area contributed by atoms with E-state index in [1.165, 1.54) is 11.2 Å². The molecule has 1 amide bonds. The van der Waals surface area contributed by atoms with Crippen LogP contribution in [0.2, 0.25) is 0 Å². The van der Waals surface area contributed by atoms with Crippen molar-refractivity contribution in [1.29, 1.82) is 0 Å². The van der Waals surface area contributed by atoms with Crippen LogP contribution in [0.1, 0.15) is 31.1 Å². The van der Waals surface area contributed by atoms with Gasteiger partial charge in [0.15, 0.2) is 0 Å². The monoisotopic (exact) mass is 401 g/mol. The Morgan fingerprint density at radius 1 is 1.04 bits per heavy atom. The smallest absolute Gasteiger partial charge is 0.245 e. The molecule has 150 valence electrons. The number of benzene rings is 2. The second-order valence-corrected chi connectivity index (χ2v) is 9.41. The second-order valence-electron chi connectivity index (χ2n) is 7.52. The Hall–Kier alpha value is -2.38. The summed E-state index contributed by atoms with van der Waals surface area (Å²) in [4.78, 5) is 16.2. The van der Waals surface area contributed by atoms with E-state index in [0.29, 0.717) is 0 Å². The minimum atomic E-state index is -3.75. The molecule has 0 unspecified atom stereocenters. The van der Waals surface area contributed by atoms with E-state index >= 15 is 0 Å². The molecule has 28 heavy (non-hydrogen) atoms. The van der Waals surface area contributed by atoms with Crippen molar-refractivity contribution in [2.45, 2.75) is 37.9 Å². The van der Waals surface area contributed by atoms with Crippen molar-refractivity contribution in [2.24, 2.45) is 0 Å². The lowest BCUT2D eigenvalue weighted by Crippen LogP contribution is -2.38. The van der Waals surface area contributed by atoms with E-state index in [9.17, 15) is 13.2 Å². The molecule has 0 saturated carbocycles. The molecule has 1 fully saturated rings. The third-order valence-corrected chi connectivity index (χ3v) is 6.99. The Morgan fingerprint density at radius 3 is 2.11 bits per heavy atom. The summed E-state index contributed by atoms with van der Waals surface area (Å²) < 4.78 is 28.2. The van der Waals surface area contributed by atoms with E-state index in [1.807, 2.05) is 57.1 Å². The molecule has 1 aliphatic rings.